The number of hydrogen-bond donors (Lipinski definition) is 0. The van der Waals surface area contributed by atoms with Gasteiger partial charge in [0, 0.05) is 25.6 Å². The van der Waals surface area contributed by atoms with Crippen molar-refractivity contribution in [1.29, 1.82) is 0 Å². The molecule has 0 radical (unpaired) electrons. The summed E-state index contributed by atoms with van der Waals surface area (Å²) in [5.41, 5.74) is 1.83. The highest BCUT2D eigenvalue weighted by atomic mass is 79.9. The number of hydrogen-bond acceptors (Lipinski definition) is 4. The smallest absolute Gasteiger partial charge is 0.342 e. The van der Waals surface area contributed by atoms with E-state index in [-0.39, 0.29) is 24.5 Å². The number of carbonyl (C=O) groups is 1. The number of halogens is 3. The molecule has 3 rings (SSSR count). The zero-order valence-corrected chi connectivity index (χ0v) is 18.6. The van der Waals surface area contributed by atoms with Gasteiger partial charge in [-0.2, -0.15) is 0 Å². The van der Waals surface area contributed by atoms with Crippen LogP contribution >= 0.6 is 39.1 Å². The summed E-state index contributed by atoms with van der Waals surface area (Å²) < 4.78 is 17.4. The fourth-order valence-corrected chi connectivity index (χ4v) is 3.48. The normalized spacial score (nSPS) is 10.5. The maximum absolute atomic E-state index is 12.4. The number of methoxy groups -OCH3 is 1. The lowest BCUT2D eigenvalue weighted by Gasteiger charge is -2.17. The minimum absolute atomic E-state index is 0.155. The van der Waals surface area contributed by atoms with Crippen molar-refractivity contribution in [1.82, 2.24) is 0 Å². The first-order valence-electron chi connectivity index (χ1n) is 8.64. The van der Waals surface area contributed by atoms with Gasteiger partial charge in [0.05, 0.1) is 7.11 Å². The minimum Gasteiger partial charge on any atom is -0.485 e. The van der Waals surface area contributed by atoms with Gasteiger partial charge in [-0.15, -0.1) is 0 Å². The summed E-state index contributed by atoms with van der Waals surface area (Å²) in [5, 5.41) is 1.16. The third-order valence-corrected chi connectivity index (χ3v) is 5.53. The summed E-state index contributed by atoms with van der Waals surface area (Å²) in [4.78, 5) is 12.4. The summed E-state index contributed by atoms with van der Waals surface area (Å²) >= 11 is 15.8. The quantitative estimate of drug-likeness (QED) is 0.342. The van der Waals surface area contributed by atoms with E-state index in [4.69, 9.17) is 37.4 Å². The van der Waals surface area contributed by atoms with E-state index >= 15 is 0 Å². The van der Waals surface area contributed by atoms with Crippen LogP contribution in [0.5, 0.6) is 11.5 Å². The molecular weight excluding hydrogens is 479 g/mol. The first-order chi connectivity index (χ1) is 14.0. The van der Waals surface area contributed by atoms with E-state index in [1.807, 2.05) is 36.4 Å². The lowest BCUT2D eigenvalue weighted by atomic mass is 10.1. The molecule has 0 atom stereocenters. The molecule has 0 saturated carbocycles. The molecule has 0 heterocycles. The van der Waals surface area contributed by atoms with Gasteiger partial charge in [0.15, 0.2) is 11.5 Å². The Morgan fingerprint density at radius 3 is 1.97 bits per heavy atom. The Kier molecular flexibility index (Phi) is 7.42. The molecule has 3 aromatic rings. The van der Waals surface area contributed by atoms with Crippen LogP contribution in [-0.2, 0) is 18.0 Å². The van der Waals surface area contributed by atoms with Gasteiger partial charge in [0.1, 0.15) is 18.8 Å². The first-order valence-corrected chi connectivity index (χ1v) is 10.2. The number of carbonyl (C=O) groups excluding carboxylic acids is 1. The van der Waals surface area contributed by atoms with Crippen molar-refractivity contribution in [2.24, 2.45) is 0 Å². The monoisotopic (exact) mass is 494 g/mol. The Bertz CT molecular complexity index is 1020. The molecule has 150 valence electrons. The molecule has 0 aliphatic rings. The molecule has 0 N–H and O–H groups in total. The van der Waals surface area contributed by atoms with Gasteiger partial charge >= 0.3 is 5.97 Å². The van der Waals surface area contributed by atoms with Crippen molar-refractivity contribution in [2.45, 2.75) is 13.2 Å². The van der Waals surface area contributed by atoms with Gasteiger partial charge in [-0.25, -0.2) is 4.79 Å². The highest BCUT2D eigenvalue weighted by Crippen LogP contribution is 2.38. The zero-order chi connectivity index (χ0) is 20.8. The Balaban J connectivity index is 1.93. The lowest BCUT2D eigenvalue weighted by Crippen LogP contribution is -2.09. The molecule has 0 aromatic heterocycles. The summed E-state index contributed by atoms with van der Waals surface area (Å²) in [6.07, 6.45) is 0. The maximum atomic E-state index is 12.4. The van der Waals surface area contributed by atoms with Crippen LogP contribution in [0.4, 0.5) is 0 Å². The Labute approximate surface area is 187 Å². The van der Waals surface area contributed by atoms with Crippen molar-refractivity contribution in [3.8, 4) is 11.5 Å². The van der Waals surface area contributed by atoms with Crippen LogP contribution in [0.3, 0.4) is 0 Å². The summed E-state index contributed by atoms with van der Waals surface area (Å²) in [6.45, 7) is 0.368. The van der Waals surface area contributed by atoms with Crippen LogP contribution in [0.25, 0.3) is 0 Å². The minimum atomic E-state index is -0.547. The largest absolute Gasteiger partial charge is 0.485 e. The fraction of sp³-hybridized carbons (Fsp3) is 0.136. The average Bonchev–Trinajstić information content (AvgIpc) is 2.73. The second-order valence-electron chi connectivity index (χ2n) is 6.00. The Hall–Kier alpha value is -2.21. The summed E-state index contributed by atoms with van der Waals surface area (Å²) in [6, 6.07) is 18.1. The number of benzene rings is 3. The van der Waals surface area contributed by atoms with Crippen molar-refractivity contribution in [3.63, 3.8) is 0 Å². The van der Waals surface area contributed by atoms with E-state index in [9.17, 15) is 4.79 Å². The van der Waals surface area contributed by atoms with Crippen molar-refractivity contribution >= 4 is 45.1 Å². The molecule has 7 heteroatoms. The molecule has 0 aliphatic carbocycles. The van der Waals surface area contributed by atoms with Gasteiger partial charge < -0.3 is 14.2 Å². The van der Waals surface area contributed by atoms with Gasteiger partial charge in [-0.05, 0) is 40.2 Å². The number of rotatable bonds is 7. The third-order valence-electron chi connectivity index (χ3n) is 4.13. The first kappa shape index (κ1) is 21.5. The molecule has 0 unspecified atom stereocenters. The van der Waals surface area contributed by atoms with Crippen molar-refractivity contribution in [2.75, 3.05) is 7.11 Å². The molecule has 0 fully saturated rings. The third kappa shape index (κ3) is 5.24. The second kappa shape index (κ2) is 10.0. The molecule has 0 amide bonds. The van der Waals surface area contributed by atoms with Gasteiger partial charge in [0.25, 0.3) is 0 Å². The summed E-state index contributed by atoms with van der Waals surface area (Å²) in [7, 11) is 1.31. The molecule has 0 saturated heterocycles. The van der Waals surface area contributed by atoms with E-state index < -0.39 is 5.97 Å². The lowest BCUT2D eigenvalue weighted by molar-refractivity contribution is 0.0593. The van der Waals surface area contributed by atoms with Crippen LogP contribution < -0.4 is 9.47 Å². The second-order valence-corrected chi connectivity index (χ2v) is 7.67. The SMILES string of the molecule is COC(=O)c1c(Br)ccc(OCc2ccccc2Cl)c1OCc1ccccc1Cl. The zero-order valence-electron chi connectivity index (χ0n) is 15.5. The van der Waals surface area contributed by atoms with E-state index in [0.29, 0.717) is 20.3 Å². The average molecular weight is 496 g/mol. The fourth-order valence-electron chi connectivity index (χ4n) is 2.63. The van der Waals surface area contributed by atoms with Crippen molar-refractivity contribution in [3.05, 3.63) is 91.9 Å². The molecule has 0 aliphatic heterocycles. The van der Waals surface area contributed by atoms with Gasteiger partial charge in [-0.1, -0.05) is 59.6 Å². The molecule has 29 heavy (non-hydrogen) atoms. The highest BCUT2D eigenvalue weighted by molar-refractivity contribution is 9.10. The van der Waals surface area contributed by atoms with E-state index in [2.05, 4.69) is 15.9 Å². The van der Waals surface area contributed by atoms with Gasteiger partial charge in [0.2, 0.25) is 0 Å². The Morgan fingerprint density at radius 1 is 0.862 bits per heavy atom. The molecule has 0 spiro atoms. The van der Waals surface area contributed by atoms with Crippen LogP contribution in [0.1, 0.15) is 21.5 Å². The van der Waals surface area contributed by atoms with E-state index in [0.717, 1.165) is 11.1 Å². The standard InChI is InChI=1S/C22H17BrCl2O4/c1-27-22(26)20-16(23)10-11-19(28-12-14-6-2-4-8-17(14)24)21(20)29-13-15-7-3-5-9-18(15)25/h2-11H,12-13H2,1H3. The Morgan fingerprint density at radius 2 is 1.41 bits per heavy atom. The molecule has 3 aromatic carbocycles. The molecule has 4 nitrogen and oxygen atoms in total. The van der Waals surface area contributed by atoms with Crippen LogP contribution in [-0.4, -0.2) is 13.1 Å². The predicted molar refractivity (Wildman–Crippen MR) is 117 cm³/mol. The highest BCUT2D eigenvalue weighted by Gasteiger charge is 2.22. The number of esters is 1. The van der Waals surface area contributed by atoms with Crippen molar-refractivity contribution < 1.29 is 19.0 Å². The van der Waals surface area contributed by atoms with Crippen LogP contribution in [0.15, 0.2) is 65.1 Å². The van der Waals surface area contributed by atoms with Gasteiger partial charge in [-0.3, -0.25) is 0 Å². The predicted octanol–water partition coefficient (Wildman–Crippen LogP) is 6.70. The van der Waals surface area contributed by atoms with E-state index in [1.54, 1.807) is 24.3 Å². The maximum Gasteiger partial charge on any atom is 0.342 e. The number of ether oxygens (including phenoxy) is 3. The molecule has 0 bridgehead atoms. The van der Waals surface area contributed by atoms with Crippen LogP contribution in [0, 0.1) is 0 Å². The summed E-state index contributed by atoms with van der Waals surface area (Å²) in [5.74, 6) is 0.105. The molecular formula is C22H17BrCl2O4. The topological polar surface area (TPSA) is 44.8 Å². The van der Waals surface area contributed by atoms with E-state index in [1.165, 1.54) is 7.11 Å². The van der Waals surface area contributed by atoms with Crippen LogP contribution in [0.2, 0.25) is 10.0 Å².